The van der Waals surface area contributed by atoms with E-state index in [1.807, 2.05) is 11.1 Å². The first-order valence-electron chi connectivity index (χ1n) is 15.7. The van der Waals surface area contributed by atoms with E-state index < -0.39 is 0 Å². The van der Waals surface area contributed by atoms with Gasteiger partial charge in [-0.05, 0) is 120 Å². The van der Waals surface area contributed by atoms with Crippen LogP contribution in [0.25, 0.3) is 0 Å². The highest BCUT2D eigenvalue weighted by atomic mass is 14.6. The number of rotatable bonds is 4. The summed E-state index contributed by atoms with van der Waals surface area (Å²) in [6.07, 6.45) is 10.0. The second-order valence-electron chi connectivity index (χ2n) is 17.0. The summed E-state index contributed by atoms with van der Waals surface area (Å²) in [6, 6.07) is 0. The van der Waals surface area contributed by atoms with Crippen molar-refractivity contribution in [2.75, 3.05) is 0 Å². The molecule has 0 heterocycles. The van der Waals surface area contributed by atoms with E-state index in [-0.39, 0.29) is 0 Å². The Morgan fingerprint density at radius 1 is 0.914 bits per heavy atom. The number of hydrogen-bond acceptors (Lipinski definition) is 0. The lowest BCUT2D eigenvalue weighted by Gasteiger charge is -2.63. The van der Waals surface area contributed by atoms with Gasteiger partial charge in [-0.25, -0.2) is 0 Å². The van der Waals surface area contributed by atoms with Crippen LogP contribution in [0.4, 0.5) is 0 Å². The Balaban J connectivity index is 1.61. The molecular formula is C35H62. The van der Waals surface area contributed by atoms with Gasteiger partial charge in [0.05, 0.1) is 0 Å². The molecule has 0 amide bonds. The molecule has 35 heavy (non-hydrogen) atoms. The Morgan fingerprint density at radius 3 is 2.14 bits per heavy atom. The summed E-state index contributed by atoms with van der Waals surface area (Å²) < 4.78 is 0. The van der Waals surface area contributed by atoms with Crippen LogP contribution in [0.5, 0.6) is 0 Å². The van der Waals surface area contributed by atoms with Gasteiger partial charge in [0.15, 0.2) is 0 Å². The highest BCUT2D eigenvalue weighted by molar-refractivity contribution is 5.36. The molecule has 202 valence electrons. The fraction of sp³-hybridized carbons (Fsp3) is 0.943. The van der Waals surface area contributed by atoms with Gasteiger partial charge >= 0.3 is 0 Å². The van der Waals surface area contributed by atoms with Crippen molar-refractivity contribution in [2.45, 2.75) is 135 Å². The lowest BCUT2D eigenvalue weighted by Crippen LogP contribution is -2.55. The molecule has 0 aromatic carbocycles. The van der Waals surface area contributed by atoms with E-state index >= 15 is 0 Å². The van der Waals surface area contributed by atoms with Crippen molar-refractivity contribution in [2.24, 2.45) is 74.9 Å². The largest absolute Gasteiger partial charge is 0.0668 e. The van der Waals surface area contributed by atoms with Gasteiger partial charge in [-0.3, -0.25) is 0 Å². The first-order chi connectivity index (χ1) is 15.9. The van der Waals surface area contributed by atoms with Crippen LogP contribution in [0.15, 0.2) is 11.1 Å². The second kappa shape index (κ2) is 8.90. The van der Waals surface area contributed by atoms with Gasteiger partial charge in [0, 0.05) is 0 Å². The SMILES string of the molecule is CC1CC2(C)C3=C(CCC2C(C)(C)C1C)C1CC[C@H](C(C)CCC(C)(C)C(C)(C)C)C1C(C)C3C. The summed E-state index contributed by atoms with van der Waals surface area (Å²) in [5.41, 5.74) is 5.65. The standard InChI is InChI=1S/C35H62/c1-21(18-19-33(9,10)32(6,7)8)26-14-15-27-28-16-17-29-34(11,12)25(5)22(2)20-35(29,13)31(28)24(4)23(3)30(26)27/h21-27,29-30H,14-20H2,1-13H3/t21?,22?,23?,24?,25?,26-,27?,29?,30?,35?/m1/s1. The van der Waals surface area contributed by atoms with Crippen LogP contribution in [0, 0.1) is 74.9 Å². The van der Waals surface area contributed by atoms with Crippen molar-refractivity contribution in [1.29, 1.82) is 0 Å². The van der Waals surface area contributed by atoms with E-state index in [2.05, 4.69) is 90.0 Å². The monoisotopic (exact) mass is 482 g/mol. The highest BCUT2D eigenvalue weighted by Gasteiger charge is 2.60. The van der Waals surface area contributed by atoms with Crippen molar-refractivity contribution in [1.82, 2.24) is 0 Å². The molecule has 10 atom stereocenters. The summed E-state index contributed by atoms with van der Waals surface area (Å²) in [7, 11) is 0. The third kappa shape index (κ3) is 4.22. The minimum Gasteiger partial charge on any atom is -0.0668 e. The van der Waals surface area contributed by atoms with E-state index in [0.29, 0.717) is 21.7 Å². The Labute approximate surface area is 220 Å². The Bertz CT molecular complexity index is 817. The molecule has 0 aromatic heterocycles. The maximum Gasteiger partial charge on any atom is -0.00747 e. The number of allylic oxidation sites excluding steroid dienone is 2. The molecule has 2 fully saturated rings. The molecule has 0 aliphatic heterocycles. The average molecular weight is 483 g/mol. The number of fused-ring (bicyclic) bond motifs is 4. The fourth-order valence-corrected chi connectivity index (χ4v) is 10.5. The summed E-state index contributed by atoms with van der Waals surface area (Å²) in [4.78, 5) is 0. The van der Waals surface area contributed by atoms with Crippen molar-refractivity contribution >= 4 is 0 Å². The van der Waals surface area contributed by atoms with E-state index in [1.165, 1.54) is 44.9 Å². The molecule has 0 aromatic rings. The summed E-state index contributed by atoms with van der Waals surface area (Å²) in [5.74, 6) is 7.79. The molecule has 4 rings (SSSR count). The van der Waals surface area contributed by atoms with Crippen LogP contribution in [0.2, 0.25) is 0 Å². The molecule has 4 aliphatic carbocycles. The van der Waals surface area contributed by atoms with E-state index in [9.17, 15) is 0 Å². The molecule has 9 unspecified atom stereocenters. The maximum atomic E-state index is 2.73. The minimum atomic E-state index is 0.383. The first kappa shape index (κ1) is 27.8. The third-order valence-electron chi connectivity index (χ3n) is 14.2. The summed E-state index contributed by atoms with van der Waals surface area (Å²) >= 11 is 0. The van der Waals surface area contributed by atoms with E-state index in [4.69, 9.17) is 0 Å². The number of hydrogen-bond donors (Lipinski definition) is 0. The molecule has 4 aliphatic rings. The normalized spacial score (nSPS) is 44.5. The fourth-order valence-electron chi connectivity index (χ4n) is 10.5. The summed E-state index contributed by atoms with van der Waals surface area (Å²) in [6.45, 7) is 33.4. The zero-order chi connectivity index (χ0) is 26.3. The van der Waals surface area contributed by atoms with Crippen LogP contribution in [-0.2, 0) is 0 Å². The van der Waals surface area contributed by atoms with Crippen LogP contribution < -0.4 is 0 Å². The minimum absolute atomic E-state index is 0.383. The molecule has 0 saturated heterocycles. The Hall–Kier alpha value is -0.260. The maximum absolute atomic E-state index is 2.73. The molecule has 0 spiro atoms. The molecule has 2 saturated carbocycles. The van der Waals surface area contributed by atoms with E-state index in [1.54, 1.807) is 0 Å². The van der Waals surface area contributed by atoms with Gasteiger partial charge in [0.2, 0.25) is 0 Å². The van der Waals surface area contributed by atoms with Gasteiger partial charge in [0.1, 0.15) is 0 Å². The molecule has 0 bridgehead atoms. The van der Waals surface area contributed by atoms with E-state index in [0.717, 1.165) is 53.3 Å². The predicted octanol–water partition coefficient (Wildman–Crippen LogP) is 10.8. The zero-order valence-corrected chi connectivity index (χ0v) is 26.1. The smallest absolute Gasteiger partial charge is 0.00747 e. The van der Waals surface area contributed by atoms with Gasteiger partial charge in [-0.1, -0.05) is 101 Å². The lowest BCUT2D eigenvalue weighted by molar-refractivity contribution is -0.0731. The van der Waals surface area contributed by atoms with Gasteiger partial charge in [0.25, 0.3) is 0 Å². The molecule has 0 heteroatoms. The van der Waals surface area contributed by atoms with Crippen LogP contribution in [0.1, 0.15) is 135 Å². The molecule has 0 N–H and O–H groups in total. The van der Waals surface area contributed by atoms with Crippen molar-refractivity contribution in [3.63, 3.8) is 0 Å². The van der Waals surface area contributed by atoms with Crippen LogP contribution >= 0.6 is 0 Å². The molecular weight excluding hydrogens is 420 g/mol. The van der Waals surface area contributed by atoms with Gasteiger partial charge in [-0.15, -0.1) is 0 Å². The predicted molar refractivity (Wildman–Crippen MR) is 154 cm³/mol. The van der Waals surface area contributed by atoms with Gasteiger partial charge in [-0.2, -0.15) is 0 Å². The topological polar surface area (TPSA) is 0 Å². The molecule has 0 nitrogen and oxygen atoms in total. The third-order valence-corrected chi connectivity index (χ3v) is 14.2. The lowest BCUT2D eigenvalue weighted by atomic mass is 9.42. The summed E-state index contributed by atoms with van der Waals surface area (Å²) in [5, 5.41) is 0. The zero-order valence-electron chi connectivity index (χ0n) is 26.1. The molecule has 0 radical (unpaired) electrons. The first-order valence-corrected chi connectivity index (χ1v) is 15.7. The Morgan fingerprint density at radius 2 is 1.54 bits per heavy atom. The van der Waals surface area contributed by atoms with Crippen molar-refractivity contribution < 1.29 is 0 Å². The van der Waals surface area contributed by atoms with Crippen molar-refractivity contribution in [3.05, 3.63) is 11.1 Å². The Kier molecular flexibility index (Phi) is 7.06. The second-order valence-corrected chi connectivity index (χ2v) is 17.0. The van der Waals surface area contributed by atoms with Crippen molar-refractivity contribution in [3.8, 4) is 0 Å². The quantitative estimate of drug-likeness (QED) is 0.349. The average Bonchev–Trinajstić information content (AvgIpc) is 3.18. The van der Waals surface area contributed by atoms with Crippen LogP contribution in [0.3, 0.4) is 0 Å². The van der Waals surface area contributed by atoms with Crippen LogP contribution in [-0.4, -0.2) is 0 Å². The van der Waals surface area contributed by atoms with Gasteiger partial charge < -0.3 is 0 Å². The highest BCUT2D eigenvalue weighted by Crippen LogP contribution is 2.68.